The Labute approximate surface area is 253 Å². The number of fused-ring (bicyclic) bond motifs is 1. The Bertz CT molecular complexity index is 1460. The summed E-state index contributed by atoms with van der Waals surface area (Å²) in [5.74, 6) is -0.584. The molecule has 0 saturated carbocycles. The SMILES string of the molecule is CC(c1cc2c(cc1C(F)(F)F)NCCCC2N(Cc1cc(C(F)(F)F)cc(C(F)(F)F)c1)c1nnn(C)n1)C1CCNCC1. The van der Waals surface area contributed by atoms with Crippen LogP contribution in [0.3, 0.4) is 0 Å². The van der Waals surface area contributed by atoms with Crippen LogP contribution in [0, 0.1) is 5.92 Å². The number of nitrogens with one attached hydrogen (secondary N) is 2. The number of aryl methyl sites for hydroxylation is 1. The molecule has 0 bridgehead atoms. The van der Waals surface area contributed by atoms with Crippen LogP contribution < -0.4 is 15.5 Å². The third-order valence-corrected chi connectivity index (χ3v) is 8.57. The van der Waals surface area contributed by atoms with Crippen LogP contribution in [0.5, 0.6) is 0 Å². The number of hydrogen-bond donors (Lipinski definition) is 2. The van der Waals surface area contributed by atoms with Crippen molar-refractivity contribution in [2.75, 3.05) is 29.9 Å². The molecule has 1 saturated heterocycles. The first kappa shape index (κ1) is 32.8. The van der Waals surface area contributed by atoms with Crippen molar-refractivity contribution >= 4 is 11.6 Å². The zero-order valence-corrected chi connectivity index (χ0v) is 24.4. The van der Waals surface area contributed by atoms with Crippen LogP contribution in [0.25, 0.3) is 0 Å². The van der Waals surface area contributed by atoms with Crippen LogP contribution in [0.2, 0.25) is 0 Å². The highest BCUT2D eigenvalue weighted by Crippen LogP contribution is 2.46. The van der Waals surface area contributed by atoms with Gasteiger partial charge in [0.05, 0.1) is 29.8 Å². The summed E-state index contributed by atoms with van der Waals surface area (Å²) in [6, 6.07) is 3.06. The Hall–Kier alpha value is -3.56. The third-order valence-electron chi connectivity index (χ3n) is 8.57. The number of halogens is 9. The number of anilines is 2. The van der Waals surface area contributed by atoms with Crippen molar-refractivity contribution < 1.29 is 39.5 Å². The van der Waals surface area contributed by atoms with Gasteiger partial charge in [-0.2, -0.15) is 44.3 Å². The van der Waals surface area contributed by atoms with Gasteiger partial charge in [0, 0.05) is 18.8 Å². The average molecular weight is 650 g/mol. The second-order valence-corrected chi connectivity index (χ2v) is 11.6. The number of piperidine rings is 1. The Kier molecular flexibility index (Phi) is 8.99. The number of aromatic nitrogens is 4. The number of benzene rings is 2. The van der Waals surface area contributed by atoms with E-state index in [1.54, 1.807) is 6.92 Å². The van der Waals surface area contributed by atoms with Gasteiger partial charge in [0.15, 0.2) is 0 Å². The van der Waals surface area contributed by atoms with E-state index < -0.39 is 53.7 Å². The fourth-order valence-corrected chi connectivity index (χ4v) is 6.30. The summed E-state index contributed by atoms with van der Waals surface area (Å²) >= 11 is 0. The smallest absolute Gasteiger partial charge is 0.385 e. The lowest BCUT2D eigenvalue weighted by Gasteiger charge is -2.34. The molecule has 5 rings (SSSR count). The summed E-state index contributed by atoms with van der Waals surface area (Å²) in [6.07, 6.45) is -12.7. The van der Waals surface area contributed by atoms with Crippen molar-refractivity contribution in [2.24, 2.45) is 13.0 Å². The Morgan fingerprint density at radius 3 is 2.07 bits per heavy atom. The minimum absolute atomic E-state index is 0.0220. The minimum atomic E-state index is -5.06. The normalized spacial score (nSPS) is 19.0. The highest BCUT2D eigenvalue weighted by atomic mass is 19.4. The van der Waals surface area contributed by atoms with Crippen molar-refractivity contribution in [3.63, 3.8) is 0 Å². The van der Waals surface area contributed by atoms with E-state index in [1.165, 1.54) is 18.0 Å². The molecule has 246 valence electrons. The number of tetrazole rings is 1. The molecule has 2 unspecified atom stereocenters. The molecule has 0 spiro atoms. The van der Waals surface area contributed by atoms with Gasteiger partial charge in [0.2, 0.25) is 0 Å². The predicted molar refractivity (Wildman–Crippen MR) is 147 cm³/mol. The van der Waals surface area contributed by atoms with Crippen molar-refractivity contribution in [3.05, 3.63) is 63.7 Å². The van der Waals surface area contributed by atoms with Gasteiger partial charge in [-0.1, -0.05) is 18.1 Å². The molecule has 2 N–H and O–H groups in total. The van der Waals surface area contributed by atoms with E-state index >= 15 is 0 Å². The number of nitrogens with zero attached hydrogens (tertiary/aromatic N) is 5. The van der Waals surface area contributed by atoms with Crippen LogP contribution in [-0.2, 0) is 32.1 Å². The molecule has 2 aliphatic rings. The maximum absolute atomic E-state index is 14.5. The molecule has 2 aliphatic heterocycles. The summed E-state index contributed by atoms with van der Waals surface area (Å²) in [4.78, 5) is 2.50. The molecule has 0 aliphatic carbocycles. The molecule has 16 heteroatoms. The highest BCUT2D eigenvalue weighted by molar-refractivity contribution is 5.61. The van der Waals surface area contributed by atoms with Gasteiger partial charge in [0.25, 0.3) is 5.95 Å². The zero-order valence-electron chi connectivity index (χ0n) is 24.4. The predicted octanol–water partition coefficient (Wildman–Crippen LogP) is 7.32. The average Bonchev–Trinajstić information content (AvgIpc) is 3.29. The quantitative estimate of drug-likeness (QED) is 0.273. The van der Waals surface area contributed by atoms with Crippen LogP contribution in [0.1, 0.15) is 77.9 Å². The molecular formula is C29H32F9N7. The molecule has 2 aromatic carbocycles. The molecule has 0 radical (unpaired) electrons. The first-order valence-corrected chi connectivity index (χ1v) is 14.5. The van der Waals surface area contributed by atoms with Crippen LogP contribution >= 0.6 is 0 Å². The van der Waals surface area contributed by atoms with E-state index in [-0.39, 0.29) is 34.7 Å². The van der Waals surface area contributed by atoms with E-state index in [4.69, 9.17) is 0 Å². The lowest BCUT2D eigenvalue weighted by molar-refractivity contribution is -0.143. The van der Waals surface area contributed by atoms with Gasteiger partial charge >= 0.3 is 18.5 Å². The van der Waals surface area contributed by atoms with Gasteiger partial charge in [0.1, 0.15) is 0 Å². The van der Waals surface area contributed by atoms with Crippen molar-refractivity contribution in [1.82, 2.24) is 25.5 Å². The van der Waals surface area contributed by atoms with Gasteiger partial charge in [-0.05, 0) is 96.8 Å². The fraction of sp³-hybridized carbons (Fsp3) is 0.552. The van der Waals surface area contributed by atoms with Gasteiger partial charge in [-0.25, -0.2) is 0 Å². The molecular weight excluding hydrogens is 617 g/mol. The summed E-state index contributed by atoms with van der Waals surface area (Å²) in [7, 11) is 1.44. The van der Waals surface area contributed by atoms with Gasteiger partial charge in [-0.15, -0.1) is 5.10 Å². The van der Waals surface area contributed by atoms with Crippen molar-refractivity contribution in [1.29, 1.82) is 0 Å². The summed E-state index contributed by atoms with van der Waals surface area (Å²) < 4.78 is 126. The van der Waals surface area contributed by atoms with Crippen molar-refractivity contribution in [2.45, 2.75) is 69.6 Å². The number of alkyl halides is 9. The first-order chi connectivity index (χ1) is 21.0. The van der Waals surface area contributed by atoms with Gasteiger partial charge in [-0.3, -0.25) is 0 Å². The van der Waals surface area contributed by atoms with E-state index in [1.807, 2.05) is 0 Å². The van der Waals surface area contributed by atoms with Crippen LogP contribution in [0.4, 0.5) is 51.1 Å². The third kappa shape index (κ3) is 7.31. The Morgan fingerprint density at radius 2 is 1.51 bits per heavy atom. The lowest BCUT2D eigenvalue weighted by Crippen LogP contribution is -2.32. The molecule has 3 aromatic rings. The molecule has 1 fully saturated rings. The summed E-state index contributed by atoms with van der Waals surface area (Å²) in [6.45, 7) is 2.91. The maximum Gasteiger partial charge on any atom is 0.416 e. The number of rotatable bonds is 6. The van der Waals surface area contributed by atoms with E-state index in [0.29, 0.717) is 63.0 Å². The Balaban J connectivity index is 1.65. The zero-order chi connectivity index (χ0) is 32.7. The minimum Gasteiger partial charge on any atom is -0.385 e. The van der Waals surface area contributed by atoms with E-state index in [9.17, 15) is 39.5 Å². The van der Waals surface area contributed by atoms with Crippen LogP contribution in [-0.4, -0.2) is 39.8 Å². The van der Waals surface area contributed by atoms with Gasteiger partial charge < -0.3 is 15.5 Å². The molecule has 2 atom stereocenters. The van der Waals surface area contributed by atoms with Crippen LogP contribution in [0.15, 0.2) is 30.3 Å². The largest absolute Gasteiger partial charge is 0.416 e. The van der Waals surface area contributed by atoms with Crippen molar-refractivity contribution in [3.8, 4) is 0 Å². The first-order valence-electron chi connectivity index (χ1n) is 14.5. The molecule has 0 amide bonds. The topological polar surface area (TPSA) is 70.9 Å². The molecule has 1 aromatic heterocycles. The molecule has 45 heavy (non-hydrogen) atoms. The molecule has 7 nitrogen and oxygen atoms in total. The fourth-order valence-electron chi connectivity index (χ4n) is 6.30. The summed E-state index contributed by atoms with van der Waals surface area (Å²) in [5, 5.41) is 18.3. The maximum atomic E-state index is 14.5. The molecule has 3 heterocycles. The lowest BCUT2D eigenvalue weighted by atomic mass is 9.78. The van der Waals surface area contributed by atoms with E-state index in [2.05, 4.69) is 26.0 Å². The Morgan fingerprint density at radius 1 is 0.867 bits per heavy atom. The highest BCUT2D eigenvalue weighted by Gasteiger charge is 2.40. The second kappa shape index (κ2) is 12.3. The number of hydrogen-bond acceptors (Lipinski definition) is 6. The van der Waals surface area contributed by atoms with E-state index in [0.717, 1.165) is 10.9 Å². The summed E-state index contributed by atoms with van der Waals surface area (Å²) in [5.41, 5.74) is -3.36. The standard InChI is InChI=1S/C29H32F9N7/c1-16(18-5-8-39-9-6-18)21-13-22-24(14-23(21)29(36,37)38)40-7-3-4-25(22)45(26-41-43-44(2)42-26)15-17-10-19(27(30,31)32)12-20(11-17)28(33,34)35/h10-14,16,18,25,39-40H,3-9,15H2,1-2H3. The second-order valence-electron chi connectivity index (χ2n) is 11.6. The monoisotopic (exact) mass is 649 g/mol.